The van der Waals surface area contributed by atoms with Crippen molar-refractivity contribution in [2.45, 2.75) is 26.2 Å². The van der Waals surface area contributed by atoms with E-state index in [4.69, 9.17) is 28.2 Å². The van der Waals surface area contributed by atoms with E-state index < -0.39 is 7.29 Å². The molecule has 0 aliphatic carbocycles. The van der Waals surface area contributed by atoms with Gasteiger partial charge in [-0.25, -0.2) is 4.98 Å². The number of nitrogens with one attached hydrogen (secondary N) is 1. The standard InChI is InChI=1S/C29H27Cl2N2OPS/c1-29(2,3)24-16-14-23(15-17-24)27-20-36-28(32-27)33-35(34,18-25(30)21-10-6-4-7-11-21)19-26(31)22-12-8-5-9-13-22/h4-20H,1-3H3,(H,32,33,34)/b25-18-,26-19+. The van der Waals surface area contributed by atoms with Crippen LogP contribution >= 0.6 is 41.8 Å². The molecule has 0 amide bonds. The maximum absolute atomic E-state index is 14.2. The van der Waals surface area contributed by atoms with Crippen LogP contribution in [0.25, 0.3) is 21.3 Å². The number of benzene rings is 3. The fourth-order valence-electron chi connectivity index (χ4n) is 3.53. The second-order valence-electron chi connectivity index (χ2n) is 9.37. The lowest BCUT2D eigenvalue weighted by Gasteiger charge is -2.18. The fraction of sp³-hybridized carbons (Fsp3) is 0.138. The van der Waals surface area contributed by atoms with Crippen LogP contribution in [0, 0.1) is 0 Å². The van der Waals surface area contributed by atoms with Gasteiger partial charge in [-0.3, -0.25) is 4.57 Å². The molecule has 4 rings (SSSR count). The molecule has 1 N–H and O–H groups in total. The third kappa shape index (κ3) is 6.78. The Bertz CT molecular complexity index is 1360. The zero-order chi connectivity index (χ0) is 25.8. The molecule has 3 aromatic carbocycles. The monoisotopic (exact) mass is 552 g/mol. The summed E-state index contributed by atoms with van der Waals surface area (Å²) in [6.07, 6.45) is 0. The van der Waals surface area contributed by atoms with E-state index in [0.29, 0.717) is 15.2 Å². The highest BCUT2D eigenvalue weighted by molar-refractivity contribution is 7.72. The first kappa shape index (κ1) is 26.4. The maximum atomic E-state index is 14.2. The second-order valence-corrected chi connectivity index (χ2v) is 13.2. The third-order valence-corrected chi connectivity index (χ3v) is 9.24. The van der Waals surface area contributed by atoms with Gasteiger partial charge in [0.1, 0.15) is 0 Å². The summed E-state index contributed by atoms with van der Waals surface area (Å²) < 4.78 is 14.2. The van der Waals surface area contributed by atoms with Gasteiger partial charge in [0.2, 0.25) is 7.29 Å². The number of hydrogen-bond acceptors (Lipinski definition) is 3. The molecule has 1 atom stereocenters. The summed E-state index contributed by atoms with van der Waals surface area (Å²) in [4.78, 5) is 4.71. The van der Waals surface area contributed by atoms with Crippen molar-refractivity contribution < 1.29 is 4.57 Å². The third-order valence-electron chi connectivity index (χ3n) is 5.53. The van der Waals surface area contributed by atoms with E-state index in [-0.39, 0.29) is 5.41 Å². The Morgan fingerprint density at radius 2 is 1.33 bits per heavy atom. The van der Waals surface area contributed by atoms with Gasteiger partial charge in [-0.05, 0) is 22.1 Å². The zero-order valence-corrected chi connectivity index (χ0v) is 23.5. The zero-order valence-electron chi connectivity index (χ0n) is 20.3. The van der Waals surface area contributed by atoms with Gasteiger partial charge in [-0.15, -0.1) is 11.3 Å². The van der Waals surface area contributed by atoms with Gasteiger partial charge in [0.25, 0.3) is 0 Å². The van der Waals surface area contributed by atoms with Crippen LogP contribution in [-0.2, 0) is 9.98 Å². The minimum Gasteiger partial charge on any atom is -0.306 e. The minimum atomic E-state index is -3.38. The summed E-state index contributed by atoms with van der Waals surface area (Å²) in [5, 5.41) is 6.34. The van der Waals surface area contributed by atoms with Crippen molar-refractivity contribution in [3.05, 3.63) is 119 Å². The van der Waals surface area contributed by atoms with Crippen molar-refractivity contribution in [2.24, 2.45) is 0 Å². The summed E-state index contributed by atoms with van der Waals surface area (Å²) in [6.45, 7) is 6.56. The van der Waals surface area contributed by atoms with Crippen LogP contribution in [0.3, 0.4) is 0 Å². The van der Waals surface area contributed by atoms with Gasteiger partial charge >= 0.3 is 0 Å². The number of aromatic nitrogens is 1. The van der Waals surface area contributed by atoms with Crippen LogP contribution in [0.4, 0.5) is 5.13 Å². The first-order valence-corrected chi connectivity index (χ1v) is 14.9. The highest BCUT2D eigenvalue weighted by Crippen LogP contribution is 2.54. The summed E-state index contributed by atoms with van der Waals surface area (Å²) >= 11 is 14.6. The molecule has 0 spiro atoms. The van der Waals surface area contributed by atoms with E-state index in [1.807, 2.05) is 66.0 Å². The van der Waals surface area contributed by atoms with Gasteiger partial charge < -0.3 is 5.09 Å². The van der Waals surface area contributed by atoms with Crippen LogP contribution in [0.1, 0.15) is 37.5 Å². The molecule has 1 aromatic heterocycles. The van der Waals surface area contributed by atoms with Gasteiger partial charge in [0, 0.05) is 22.6 Å². The molecule has 184 valence electrons. The van der Waals surface area contributed by atoms with E-state index in [2.05, 4.69) is 50.1 Å². The smallest absolute Gasteiger partial charge is 0.217 e. The van der Waals surface area contributed by atoms with Crippen molar-refractivity contribution in [3.8, 4) is 11.3 Å². The lowest BCUT2D eigenvalue weighted by molar-refractivity contribution is 0.589. The van der Waals surface area contributed by atoms with E-state index in [1.54, 1.807) is 0 Å². The van der Waals surface area contributed by atoms with E-state index in [9.17, 15) is 4.57 Å². The molecule has 1 heterocycles. The highest BCUT2D eigenvalue weighted by atomic mass is 35.5. The van der Waals surface area contributed by atoms with Gasteiger partial charge in [0.05, 0.1) is 15.8 Å². The second kappa shape index (κ2) is 11.2. The van der Waals surface area contributed by atoms with Crippen molar-refractivity contribution in [3.63, 3.8) is 0 Å². The quantitative estimate of drug-likeness (QED) is 0.232. The topological polar surface area (TPSA) is 42.0 Å². The first-order valence-electron chi connectivity index (χ1n) is 11.4. The number of anilines is 1. The number of halogens is 2. The lowest BCUT2D eigenvalue weighted by atomic mass is 9.86. The molecule has 0 aliphatic rings. The van der Waals surface area contributed by atoms with Crippen LogP contribution in [0.15, 0.2) is 102 Å². The van der Waals surface area contributed by atoms with Crippen molar-refractivity contribution in [1.29, 1.82) is 0 Å². The van der Waals surface area contributed by atoms with Crippen LogP contribution in [-0.4, -0.2) is 4.98 Å². The predicted molar refractivity (Wildman–Crippen MR) is 158 cm³/mol. The molecule has 0 aliphatic heterocycles. The molecule has 0 fully saturated rings. The Balaban J connectivity index is 1.67. The Labute approximate surface area is 227 Å². The number of rotatable bonds is 7. The minimum absolute atomic E-state index is 0.0780. The summed E-state index contributed by atoms with van der Waals surface area (Å²) in [7, 11) is -3.38. The number of hydrogen-bond donors (Lipinski definition) is 1. The summed E-state index contributed by atoms with van der Waals surface area (Å²) in [5.41, 5.74) is 4.68. The summed E-state index contributed by atoms with van der Waals surface area (Å²) in [5.74, 6) is 3.07. The normalized spacial score (nSPS) is 14.4. The Morgan fingerprint density at radius 1 is 0.833 bits per heavy atom. The van der Waals surface area contributed by atoms with Crippen molar-refractivity contribution >= 4 is 57.0 Å². The van der Waals surface area contributed by atoms with Crippen LogP contribution in [0.5, 0.6) is 0 Å². The molecule has 4 aromatic rings. The van der Waals surface area contributed by atoms with E-state index >= 15 is 0 Å². The average Bonchev–Trinajstić information content (AvgIpc) is 3.32. The summed E-state index contributed by atoms with van der Waals surface area (Å²) in [6, 6.07) is 27.2. The lowest BCUT2D eigenvalue weighted by Crippen LogP contribution is -2.10. The SMILES string of the molecule is CC(C)(C)c1ccc(-c2csc(NP(=O)(/C=C(\Cl)c3ccccc3)/C=C(/Cl)c3ccccc3)n2)cc1. The first-order chi connectivity index (χ1) is 17.1. The van der Waals surface area contributed by atoms with Gasteiger partial charge in [0.15, 0.2) is 5.13 Å². The maximum Gasteiger partial charge on any atom is 0.217 e. The largest absolute Gasteiger partial charge is 0.306 e. The Morgan fingerprint density at radius 3 is 1.81 bits per heavy atom. The fourth-order valence-corrected chi connectivity index (χ4v) is 7.38. The van der Waals surface area contributed by atoms with Gasteiger partial charge in [-0.1, -0.05) is 129 Å². The van der Waals surface area contributed by atoms with Crippen LogP contribution < -0.4 is 5.09 Å². The van der Waals surface area contributed by atoms with E-state index in [0.717, 1.165) is 22.4 Å². The molecular weight excluding hydrogens is 526 g/mol. The highest BCUT2D eigenvalue weighted by Gasteiger charge is 2.22. The van der Waals surface area contributed by atoms with Crippen molar-refractivity contribution in [2.75, 3.05) is 5.09 Å². The molecule has 0 bridgehead atoms. The molecule has 0 radical (unpaired) electrons. The predicted octanol–water partition coefficient (Wildman–Crippen LogP) is 10.3. The number of nitrogens with zero attached hydrogens (tertiary/aromatic N) is 1. The molecule has 36 heavy (non-hydrogen) atoms. The van der Waals surface area contributed by atoms with Crippen molar-refractivity contribution in [1.82, 2.24) is 4.98 Å². The molecule has 7 heteroatoms. The van der Waals surface area contributed by atoms with Gasteiger partial charge in [-0.2, -0.15) is 0 Å². The number of thiazole rings is 1. The molecule has 3 nitrogen and oxygen atoms in total. The Hall–Kier alpha value is -2.62. The Kier molecular flexibility index (Phi) is 8.22. The van der Waals surface area contributed by atoms with E-state index in [1.165, 1.54) is 28.5 Å². The average molecular weight is 553 g/mol. The molecule has 1 unspecified atom stereocenters. The molecule has 0 saturated heterocycles. The van der Waals surface area contributed by atoms with Crippen LogP contribution in [0.2, 0.25) is 0 Å². The molecule has 0 saturated carbocycles. The molecular formula is C29H27Cl2N2OPS.